The van der Waals surface area contributed by atoms with Crippen LogP contribution in [-0.4, -0.2) is 52.1 Å². The molecule has 1 fully saturated rings. The van der Waals surface area contributed by atoms with Crippen molar-refractivity contribution in [1.29, 1.82) is 0 Å². The van der Waals surface area contributed by atoms with Crippen molar-refractivity contribution < 1.29 is 29.6 Å². The van der Waals surface area contributed by atoms with Crippen LogP contribution in [-0.2, 0) is 20.4 Å². The van der Waals surface area contributed by atoms with Gasteiger partial charge in [-0.25, -0.2) is 4.85 Å². The second-order valence-electron chi connectivity index (χ2n) is 11.8. The zero-order valence-corrected chi connectivity index (χ0v) is 23.0. The lowest BCUT2D eigenvalue weighted by Gasteiger charge is -2.38. The Balaban J connectivity index is 1.66. The Kier molecular flexibility index (Phi) is 5.61. The van der Waals surface area contributed by atoms with Crippen LogP contribution in [0.25, 0.3) is 21.3 Å². The number of nitrogens with zero attached hydrogens (tertiary/aromatic N) is 2. The van der Waals surface area contributed by atoms with Crippen LogP contribution in [0.3, 0.4) is 0 Å². The van der Waals surface area contributed by atoms with Gasteiger partial charge >= 0.3 is 0 Å². The SMILES string of the molecule is [C-]#[N+]c1ccc(-n2c(O)c3c(c2O)C2(CCO[Si](C)(C)C(C)(C)C)OC3(C)[C@H](O)[C@@H]2O)c2ccccc12. The van der Waals surface area contributed by atoms with Crippen molar-refractivity contribution in [3.8, 4) is 17.4 Å². The second-order valence-corrected chi connectivity index (χ2v) is 16.7. The first-order chi connectivity index (χ1) is 17.2. The molecule has 1 aromatic heterocycles. The molecule has 2 aliphatic rings. The highest BCUT2D eigenvalue weighted by Gasteiger charge is 2.71. The molecule has 0 aliphatic carbocycles. The van der Waals surface area contributed by atoms with Gasteiger partial charge in [-0.3, -0.25) is 4.57 Å². The van der Waals surface area contributed by atoms with Gasteiger partial charge in [0.1, 0.15) is 23.4 Å². The Morgan fingerprint density at radius 3 is 2.27 bits per heavy atom. The number of hydrogen-bond acceptors (Lipinski definition) is 6. The number of aliphatic hydroxyl groups is 2. The number of ether oxygens (including phenoxy) is 1. The van der Waals surface area contributed by atoms with E-state index >= 15 is 0 Å². The van der Waals surface area contributed by atoms with Crippen molar-refractivity contribution in [3.63, 3.8) is 0 Å². The molecule has 0 spiro atoms. The zero-order chi connectivity index (χ0) is 27.1. The minimum atomic E-state index is -2.11. The van der Waals surface area contributed by atoms with E-state index < -0.39 is 31.7 Å². The highest BCUT2D eigenvalue weighted by molar-refractivity contribution is 6.74. The Morgan fingerprint density at radius 2 is 1.65 bits per heavy atom. The first-order valence-corrected chi connectivity index (χ1v) is 15.4. The monoisotopic (exact) mass is 522 g/mol. The molecule has 2 aliphatic heterocycles. The van der Waals surface area contributed by atoms with Gasteiger partial charge < -0.3 is 29.6 Å². The molecule has 2 bridgehead atoms. The molecular weight excluding hydrogens is 488 g/mol. The number of aromatic nitrogens is 1. The van der Waals surface area contributed by atoms with Gasteiger partial charge in [0.05, 0.1) is 23.4 Å². The maximum atomic E-state index is 11.6. The highest BCUT2D eigenvalue weighted by atomic mass is 28.4. The molecular formula is C28H34N2O6Si. The van der Waals surface area contributed by atoms with Crippen LogP contribution in [0.1, 0.15) is 45.2 Å². The number of hydrogen-bond donors (Lipinski definition) is 4. The molecule has 3 heterocycles. The molecule has 37 heavy (non-hydrogen) atoms. The van der Waals surface area contributed by atoms with Gasteiger partial charge in [0.25, 0.3) is 0 Å². The molecule has 0 radical (unpaired) electrons. The summed E-state index contributed by atoms with van der Waals surface area (Å²) in [6.45, 7) is 20.1. The quantitative estimate of drug-likeness (QED) is 0.272. The lowest BCUT2D eigenvalue weighted by atomic mass is 9.74. The van der Waals surface area contributed by atoms with Gasteiger partial charge in [-0.15, -0.1) is 0 Å². The third-order valence-electron chi connectivity index (χ3n) is 8.76. The number of fused-ring (bicyclic) bond motifs is 6. The maximum absolute atomic E-state index is 11.6. The van der Waals surface area contributed by atoms with Crippen molar-refractivity contribution >= 4 is 24.8 Å². The van der Waals surface area contributed by atoms with Crippen LogP contribution in [0, 0.1) is 6.57 Å². The summed E-state index contributed by atoms with van der Waals surface area (Å²) in [4.78, 5) is 3.59. The number of rotatable bonds is 5. The van der Waals surface area contributed by atoms with Gasteiger partial charge in [0.15, 0.2) is 14.0 Å². The van der Waals surface area contributed by atoms with Crippen molar-refractivity contribution in [1.82, 2.24) is 4.57 Å². The molecule has 4 atom stereocenters. The average molecular weight is 523 g/mol. The molecule has 4 N–H and O–H groups in total. The topological polar surface area (TPSA) is 109 Å². The molecule has 9 heteroatoms. The molecule has 0 saturated carbocycles. The van der Waals surface area contributed by atoms with Crippen LogP contribution in [0.5, 0.6) is 11.8 Å². The van der Waals surface area contributed by atoms with Crippen LogP contribution >= 0.6 is 0 Å². The molecule has 1 saturated heterocycles. The van der Waals surface area contributed by atoms with E-state index in [0.717, 1.165) is 0 Å². The van der Waals surface area contributed by atoms with E-state index in [1.165, 1.54) is 4.57 Å². The molecule has 5 rings (SSSR count). The summed E-state index contributed by atoms with van der Waals surface area (Å²) < 4.78 is 14.0. The van der Waals surface area contributed by atoms with E-state index in [-0.39, 0.29) is 41.0 Å². The predicted octanol–water partition coefficient (Wildman–Crippen LogP) is 5.18. The van der Waals surface area contributed by atoms with Crippen LogP contribution < -0.4 is 0 Å². The summed E-state index contributed by atoms with van der Waals surface area (Å²) in [5, 5.41) is 46.7. The standard InChI is InChI=1S/C28H34N2O6Si/c1-26(2,3)37(6,7)35-15-14-28-21-20(27(4,36-28)22(31)23(28)32)24(33)30(25(21)34)19-13-12-18(29-5)16-10-8-9-11-17(16)19/h8-13,22-23,31-34H,14-15H2,1-4,6-7H3/t22-,23+,27?,28?/m1/s1. The van der Waals surface area contributed by atoms with Crippen LogP contribution in [0.4, 0.5) is 5.69 Å². The summed E-state index contributed by atoms with van der Waals surface area (Å²) >= 11 is 0. The molecule has 8 nitrogen and oxygen atoms in total. The number of benzene rings is 2. The first kappa shape index (κ1) is 25.8. The summed E-state index contributed by atoms with van der Waals surface area (Å²) in [5.74, 6) is -0.538. The molecule has 0 amide bonds. The fourth-order valence-corrected chi connectivity index (χ4v) is 6.70. The fourth-order valence-electron chi connectivity index (χ4n) is 5.66. The van der Waals surface area contributed by atoms with Gasteiger partial charge in [-0.1, -0.05) is 51.1 Å². The average Bonchev–Trinajstić information content (AvgIpc) is 3.34. The van der Waals surface area contributed by atoms with Crippen molar-refractivity contribution in [2.45, 2.75) is 75.7 Å². The van der Waals surface area contributed by atoms with Crippen LogP contribution in [0.2, 0.25) is 18.1 Å². The summed E-state index contributed by atoms with van der Waals surface area (Å²) in [6.07, 6.45) is -2.44. The Bertz CT molecular complexity index is 1450. The number of aliphatic hydroxyl groups excluding tert-OH is 2. The number of aromatic hydroxyl groups is 2. The first-order valence-electron chi connectivity index (χ1n) is 12.5. The summed E-state index contributed by atoms with van der Waals surface area (Å²) in [7, 11) is -2.11. The third kappa shape index (κ3) is 3.33. The van der Waals surface area contributed by atoms with E-state index in [4.69, 9.17) is 15.7 Å². The minimum absolute atomic E-state index is 0.0169. The lowest BCUT2D eigenvalue weighted by Crippen LogP contribution is -2.47. The zero-order valence-electron chi connectivity index (χ0n) is 22.0. The highest BCUT2D eigenvalue weighted by Crippen LogP contribution is 2.65. The molecule has 2 unspecified atom stereocenters. The maximum Gasteiger partial charge on any atom is 0.205 e. The van der Waals surface area contributed by atoms with E-state index in [0.29, 0.717) is 22.1 Å². The summed E-state index contributed by atoms with van der Waals surface area (Å²) in [6, 6.07) is 10.6. The van der Waals surface area contributed by atoms with E-state index in [1.54, 1.807) is 19.1 Å². The van der Waals surface area contributed by atoms with E-state index in [9.17, 15) is 20.4 Å². The van der Waals surface area contributed by atoms with Gasteiger partial charge in [-0.05, 0) is 41.9 Å². The fraction of sp³-hybridized carbons (Fsp3) is 0.464. The van der Waals surface area contributed by atoms with E-state index in [1.807, 2.05) is 24.3 Å². The largest absolute Gasteiger partial charge is 0.494 e. The van der Waals surface area contributed by atoms with Crippen molar-refractivity contribution in [3.05, 3.63) is 58.9 Å². The van der Waals surface area contributed by atoms with Crippen LogP contribution in [0.15, 0.2) is 36.4 Å². The minimum Gasteiger partial charge on any atom is -0.494 e. The second kappa shape index (κ2) is 8.06. The Hall–Kier alpha value is -2.87. The normalized spacial score (nSPS) is 27.0. The van der Waals surface area contributed by atoms with Crippen molar-refractivity contribution in [2.75, 3.05) is 6.61 Å². The van der Waals surface area contributed by atoms with Gasteiger partial charge in [-0.2, -0.15) is 0 Å². The smallest absolute Gasteiger partial charge is 0.205 e. The molecule has 196 valence electrons. The summed E-state index contributed by atoms with van der Waals surface area (Å²) in [5.41, 5.74) is -1.42. The third-order valence-corrected chi connectivity index (χ3v) is 13.3. The molecule has 2 aromatic carbocycles. The van der Waals surface area contributed by atoms with E-state index in [2.05, 4.69) is 38.7 Å². The Labute approximate surface area is 217 Å². The van der Waals surface area contributed by atoms with Gasteiger partial charge in [0.2, 0.25) is 11.8 Å². The van der Waals surface area contributed by atoms with Crippen molar-refractivity contribution in [2.24, 2.45) is 0 Å². The molecule has 3 aromatic rings. The van der Waals surface area contributed by atoms with Gasteiger partial charge in [0, 0.05) is 13.0 Å². The predicted molar refractivity (Wildman–Crippen MR) is 143 cm³/mol. The lowest BCUT2D eigenvalue weighted by molar-refractivity contribution is -0.118. The Morgan fingerprint density at radius 1 is 1.03 bits per heavy atom.